The van der Waals surface area contributed by atoms with Gasteiger partial charge in [0.25, 0.3) is 0 Å². The summed E-state index contributed by atoms with van der Waals surface area (Å²) in [6.45, 7) is 0. The normalized spacial score (nSPS) is 8.80. The fraction of sp³-hybridized carbons (Fsp3) is 0.143. The summed E-state index contributed by atoms with van der Waals surface area (Å²) in [6.07, 6.45) is 10.0. The Hall–Kier alpha value is 0.857. The van der Waals surface area contributed by atoms with Crippen LogP contribution in [0.15, 0.2) is 18.2 Å². The molecule has 0 saturated heterocycles. The van der Waals surface area contributed by atoms with Crippen LogP contribution in [0, 0.1) is 20.9 Å². The molecule has 1 aliphatic carbocycles. The topological polar surface area (TPSA) is 0 Å². The van der Waals surface area contributed by atoms with Crippen molar-refractivity contribution >= 4 is 23.4 Å². The minimum Gasteiger partial charge on any atom is -0.358 e. The molecule has 0 bridgehead atoms. The Balaban J connectivity index is -0.0000000167. The smallest absolute Gasteiger partial charge is 0 e. The third-order valence-electron chi connectivity index (χ3n) is 0.586. The zero-order valence-corrected chi connectivity index (χ0v) is 13.3. The average Bonchev–Trinajstić information content (AvgIpc) is 1.76. The van der Waals surface area contributed by atoms with Crippen LogP contribution in [0.1, 0.15) is 6.42 Å². The van der Waals surface area contributed by atoms with Crippen molar-refractivity contribution in [3.8, 4) is 0 Å². The van der Waals surface area contributed by atoms with Gasteiger partial charge in [-0.05, 0) is 11.0 Å². The maximum absolute atomic E-state index is 2.99. The van der Waals surface area contributed by atoms with Gasteiger partial charge in [-0.2, -0.15) is 6.08 Å². The number of allylic oxidation sites excluding steroid dienone is 4. The molecule has 0 heterocycles. The molecule has 0 nitrogen and oxygen atoms in total. The van der Waals surface area contributed by atoms with Gasteiger partial charge in [0, 0.05) is 25.8 Å². The van der Waals surface area contributed by atoms with Crippen molar-refractivity contribution in [2.45, 2.75) is 6.42 Å². The second-order valence-corrected chi connectivity index (χ2v) is 1.00. The van der Waals surface area contributed by atoms with Gasteiger partial charge in [0.15, 0.2) is 0 Å². The van der Waals surface area contributed by atoms with Gasteiger partial charge in [0.1, 0.15) is 0 Å². The van der Waals surface area contributed by atoms with Crippen LogP contribution in [-0.2, 0) is 25.8 Å². The second-order valence-electron chi connectivity index (χ2n) is 1.00. The summed E-state index contributed by atoms with van der Waals surface area (Å²) < 4.78 is 0. The monoisotopic (exact) mass is 342 g/mol. The van der Waals surface area contributed by atoms with Crippen LogP contribution >= 0.6 is 12.4 Å². The Kier molecular flexibility index (Phi) is 69.3. The Morgan fingerprint density at radius 1 is 1.20 bits per heavy atom. The molecule has 0 atom stereocenters. The first-order chi connectivity index (χ1) is 2.50. The Labute approximate surface area is 94.4 Å². The summed E-state index contributed by atoms with van der Waals surface area (Å²) >= 11 is 0. The van der Waals surface area contributed by atoms with Crippen LogP contribution < -0.4 is 0 Å². The van der Waals surface area contributed by atoms with E-state index in [0.29, 0.717) is 0 Å². The maximum atomic E-state index is 2.99. The fourth-order valence-corrected chi connectivity index (χ4v) is 0.340. The van der Waals surface area contributed by atoms with Crippen molar-refractivity contribution in [2.75, 3.05) is 0 Å². The van der Waals surface area contributed by atoms with Crippen molar-refractivity contribution in [2.24, 2.45) is 0 Å². The van der Waals surface area contributed by atoms with Crippen molar-refractivity contribution in [1.82, 2.24) is 0 Å². The van der Waals surface area contributed by atoms with E-state index in [1.807, 2.05) is 12.2 Å². The first-order valence-corrected chi connectivity index (χ1v) is 1.72. The quantitative estimate of drug-likeness (QED) is 0.462. The number of rotatable bonds is 0. The SMILES string of the molecule is Cl.[C-]1=CC=CC1.[CH3-].[CH3-].[Hf].[SiH3]. The summed E-state index contributed by atoms with van der Waals surface area (Å²) in [4.78, 5) is 0. The largest absolute Gasteiger partial charge is 0.358 e. The Morgan fingerprint density at radius 2 is 1.70 bits per heavy atom. The fourth-order valence-electron chi connectivity index (χ4n) is 0.340. The first kappa shape index (κ1) is 30.8. The van der Waals surface area contributed by atoms with Crippen LogP contribution in [0.5, 0.6) is 0 Å². The number of hydrogen-bond acceptors (Lipinski definition) is 0. The Morgan fingerprint density at radius 3 is 1.80 bits per heavy atom. The molecule has 10 heavy (non-hydrogen) atoms. The summed E-state index contributed by atoms with van der Waals surface area (Å²) in [6, 6.07) is 0. The van der Waals surface area contributed by atoms with Gasteiger partial charge < -0.3 is 14.9 Å². The van der Waals surface area contributed by atoms with E-state index in [0.717, 1.165) is 6.42 Å². The van der Waals surface area contributed by atoms with E-state index >= 15 is 0 Å². The van der Waals surface area contributed by atoms with Gasteiger partial charge in [-0.25, -0.2) is 12.2 Å². The molecule has 61 valence electrons. The molecule has 1 aliphatic rings. The molecule has 0 N–H and O–H groups in total. The zero-order chi connectivity index (χ0) is 3.54. The molecule has 0 saturated carbocycles. The van der Waals surface area contributed by atoms with Crippen LogP contribution in [0.2, 0.25) is 0 Å². The summed E-state index contributed by atoms with van der Waals surface area (Å²) in [5, 5.41) is 0. The first-order valence-electron chi connectivity index (χ1n) is 1.72. The zero-order valence-electron chi connectivity index (χ0n) is 6.85. The number of hydrogen-bond donors (Lipinski definition) is 0. The summed E-state index contributed by atoms with van der Waals surface area (Å²) in [7, 11) is 0. The van der Waals surface area contributed by atoms with Crippen LogP contribution in [0.25, 0.3) is 0 Å². The average molecular weight is 341 g/mol. The molecule has 0 aliphatic heterocycles. The van der Waals surface area contributed by atoms with Gasteiger partial charge in [-0.3, -0.25) is 6.08 Å². The third-order valence-corrected chi connectivity index (χ3v) is 0.586. The van der Waals surface area contributed by atoms with E-state index < -0.39 is 0 Å². The molecule has 0 aromatic rings. The van der Waals surface area contributed by atoms with E-state index in [1.165, 1.54) is 0 Å². The van der Waals surface area contributed by atoms with E-state index in [2.05, 4.69) is 12.2 Å². The van der Waals surface area contributed by atoms with E-state index in [1.54, 1.807) is 0 Å². The predicted octanol–water partition coefficient (Wildman–Crippen LogP) is 1.44. The Bertz CT molecular complexity index is 71.7. The molecule has 1 radical (unpaired) electrons. The summed E-state index contributed by atoms with van der Waals surface area (Å²) in [5.41, 5.74) is 0. The molecule has 0 amide bonds. The van der Waals surface area contributed by atoms with Crippen LogP contribution in [-0.4, -0.2) is 11.0 Å². The van der Waals surface area contributed by atoms with Gasteiger partial charge in [-0.1, -0.05) is 0 Å². The molecule has 0 unspecified atom stereocenters. The van der Waals surface area contributed by atoms with E-state index in [9.17, 15) is 0 Å². The molecular formula is C7H15ClHfSi-3. The third kappa shape index (κ3) is 15.9. The molecule has 3 heteroatoms. The molecule has 0 aromatic heterocycles. The minimum atomic E-state index is 0. The predicted molar refractivity (Wildman–Crippen MR) is 51.6 cm³/mol. The minimum absolute atomic E-state index is 0. The van der Waals surface area contributed by atoms with Crippen molar-refractivity contribution in [3.63, 3.8) is 0 Å². The molecule has 0 aromatic carbocycles. The van der Waals surface area contributed by atoms with E-state index in [4.69, 9.17) is 0 Å². The van der Waals surface area contributed by atoms with Gasteiger partial charge in [0.2, 0.25) is 0 Å². The molecule has 1 rings (SSSR count). The second kappa shape index (κ2) is 22.5. The maximum Gasteiger partial charge on any atom is 0 e. The number of halogens is 1. The van der Waals surface area contributed by atoms with Gasteiger partial charge in [0.05, 0.1) is 0 Å². The van der Waals surface area contributed by atoms with Gasteiger partial charge >= 0.3 is 0 Å². The standard InChI is InChI=1S/C5H5.2CH3.ClH.Hf.H3Si/c1-2-4-5-3-1;;;;;/h1-3H,4H2;2*1H3;1H;;1H3/q3*-1;;;. The molecular weight excluding hydrogens is 326 g/mol. The van der Waals surface area contributed by atoms with Crippen molar-refractivity contribution in [1.29, 1.82) is 0 Å². The van der Waals surface area contributed by atoms with Crippen molar-refractivity contribution < 1.29 is 25.8 Å². The van der Waals surface area contributed by atoms with Crippen LogP contribution in [0.3, 0.4) is 0 Å². The van der Waals surface area contributed by atoms with E-state index in [-0.39, 0.29) is 64.1 Å². The molecule has 0 spiro atoms. The van der Waals surface area contributed by atoms with Crippen molar-refractivity contribution in [3.05, 3.63) is 39.2 Å². The molecule has 0 fully saturated rings. The van der Waals surface area contributed by atoms with Crippen LogP contribution in [0.4, 0.5) is 0 Å². The van der Waals surface area contributed by atoms with Gasteiger partial charge in [-0.15, -0.1) is 18.8 Å². The summed E-state index contributed by atoms with van der Waals surface area (Å²) in [5.74, 6) is 0.